The van der Waals surface area contributed by atoms with Gasteiger partial charge in [-0.05, 0) is 49.2 Å². The predicted octanol–water partition coefficient (Wildman–Crippen LogP) is 3.89. The van der Waals surface area contributed by atoms with Crippen molar-refractivity contribution in [2.24, 2.45) is 0 Å². The fourth-order valence-electron chi connectivity index (χ4n) is 2.43. The standard InChI is InChI=1S/C18H20ClFN2O3S/c1-12-5-4-6-17(13(12)2)21-18(23)9-10-22(26(3,24)25)14-7-8-16(20)15(19)11-14/h4-8,11H,9-10H2,1-3H3,(H,21,23). The second-order valence-electron chi connectivity index (χ2n) is 5.98. The van der Waals surface area contributed by atoms with Crippen LogP contribution in [-0.4, -0.2) is 27.1 Å². The van der Waals surface area contributed by atoms with Gasteiger partial charge in [-0.25, -0.2) is 12.8 Å². The zero-order valence-corrected chi connectivity index (χ0v) is 16.3. The highest BCUT2D eigenvalue weighted by Gasteiger charge is 2.20. The summed E-state index contributed by atoms with van der Waals surface area (Å²) in [5, 5.41) is 2.60. The minimum absolute atomic E-state index is 0.0601. The molecule has 0 atom stereocenters. The number of rotatable bonds is 6. The first-order valence-corrected chi connectivity index (χ1v) is 10.1. The summed E-state index contributed by atoms with van der Waals surface area (Å²) in [6.07, 6.45) is 0.961. The van der Waals surface area contributed by atoms with E-state index in [0.29, 0.717) is 5.69 Å². The molecule has 1 amide bonds. The second kappa shape index (κ2) is 8.05. The van der Waals surface area contributed by atoms with E-state index >= 15 is 0 Å². The Morgan fingerprint density at radius 1 is 1.23 bits per heavy atom. The molecule has 0 aromatic heterocycles. The van der Waals surface area contributed by atoms with Gasteiger partial charge in [-0.15, -0.1) is 0 Å². The van der Waals surface area contributed by atoms with Gasteiger partial charge in [-0.3, -0.25) is 9.10 Å². The van der Waals surface area contributed by atoms with Gasteiger partial charge >= 0.3 is 0 Å². The van der Waals surface area contributed by atoms with Gasteiger partial charge in [-0.1, -0.05) is 23.7 Å². The van der Waals surface area contributed by atoms with E-state index in [4.69, 9.17) is 11.6 Å². The number of nitrogens with one attached hydrogen (secondary N) is 1. The molecule has 0 saturated heterocycles. The van der Waals surface area contributed by atoms with Crippen LogP contribution < -0.4 is 9.62 Å². The number of anilines is 2. The van der Waals surface area contributed by atoms with Crippen LogP contribution in [0.3, 0.4) is 0 Å². The van der Waals surface area contributed by atoms with E-state index in [1.807, 2.05) is 26.0 Å². The lowest BCUT2D eigenvalue weighted by Crippen LogP contribution is -2.33. The molecule has 2 aromatic rings. The second-order valence-corrected chi connectivity index (χ2v) is 8.29. The van der Waals surface area contributed by atoms with Crippen molar-refractivity contribution in [2.75, 3.05) is 22.4 Å². The summed E-state index contributed by atoms with van der Waals surface area (Å²) in [6, 6.07) is 9.18. The average Bonchev–Trinajstić information content (AvgIpc) is 2.54. The highest BCUT2D eigenvalue weighted by atomic mass is 35.5. The molecular weight excluding hydrogens is 379 g/mol. The summed E-state index contributed by atoms with van der Waals surface area (Å²) in [6.45, 7) is 3.75. The van der Waals surface area contributed by atoms with Crippen LogP contribution in [0.1, 0.15) is 17.5 Å². The molecule has 2 aromatic carbocycles. The van der Waals surface area contributed by atoms with Gasteiger partial charge in [0.1, 0.15) is 5.82 Å². The molecule has 0 saturated carbocycles. The van der Waals surface area contributed by atoms with E-state index in [-0.39, 0.29) is 29.6 Å². The minimum atomic E-state index is -3.66. The van der Waals surface area contributed by atoms with Crippen LogP contribution in [0.15, 0.2) is 36.4 Å². The summed E-state index contributed by atoms with van der Waals surface area (Å²) < 4.78 is 38.5. The maximum atomic E-state index is 13.3. The van der Waals surface area contributed by atoms with Crippen LogP contribution in [0.4, 0.5) is 15.8 Å². The fraction of sp³-hybridized carbons (Fsp3) is 0.278. The fourth-order valence-corrected chi connectivity index (χ4v) is 3.52. The molecule has 0 bridgehead atoms. The molecule has 0 spiro atoms. The largest absolute Gasteiger partial charge is 0.326 e. The highest BCUT2D eigenvalue weighted by Crippen LogP contribution is 2.25. The van der Waals surface area contributed by atoms with Crippen molar-refractivity contribution in [3.05, 3.63) is 58.4 Å². The molecule has 0 heterocycles. The quantitative estimate of drug-likeness (QED) is 0.802. The molecule has 1 N–H and O–H groups in total. The zero-order chi connectivity index (χ0) is 19.5. The Kier molecular flexibility index (Phi) is 6.26. The first-order valence-electron chi connectivity index (χ1n) is 7.88. The minimum Gasteiger partial charge on any atom is -0.326 e. The molecule has 0 radical (unpaired) electrons. The van der Waals surface area contributed by atoms with Gasteiger partial charge in [-0.2, -0.15) is 0 Å². The van der Waals surface area contributed by atoms with Crippen molar-refractivity contribution in [3.8, 4) is 0 Å². The van der Waals surface area contributed by atoms with Crippen LogP contribution >= 0.6 is 11.6 Å². The Hall–Kier alpha value is -2.12. The molecule has 140 valence electrons. The number of carbonyl (C=O) groups is 1. The Morgan fingerprint density at radius 3 is 2.54 bits per heavy atom. The van der Waals surface area contributed by atoms with E-state index < -0.39 is 15.8 Å². The number of hydrogen-bond donors (Lipinski definition) is 1. The van der Waals surface area contributed by atoms with Crippen molar-refractivity contribution in [2.45, 2.75) is 20.3 Å². The SMILES string of the molecule is Cc1cccc(NC(=O)CCN(c2ccc(F)c(Cl)c2)S(C)(=O)=O)c1C. The Morgan fingerprint density at radius 2 is 1.92 bits per heavy atom. The average molecular weight is 399 g/mol. The lowest BCUT2D eigenvalue weighted by Gasteiger charge is -2.22. The molecule has 0 fully saturated rings. The number of carbonyl (C=O) groups excluding carboxylic acids is 1. The van der Waals surface area contributed by atoms with Crippen molar-refractivity contribution in [3.63, 3.8) is 0 Å². The van der Waals surface area contributed by atoms with E-state index in [0.717, 1.165) is 27.8 Å². The van der Waals surface area contributed by atoms with Crippen LogP contribution in [-0.2, 0) is 14.8 Å². The Bertz CT molecular complexity index is 932. The zero-order valence-electron chi connectivity index (χ0n) is 14.7. The third-order valence-corrected chi connectivity index (χ3v) is 5.50. The van der Waals surface area contributed by atoms with E-state index in [2.05, 4.69) is 5.32 Å². The third-order valence-electron chi connectivity index (χ3n) is 4.01. The van der Waals surface area contributed by atoms with Crippen LogP contribution in [0.25, 0.3) is 0 Å². The van der Waals surface area contributed by atoms with Crippen molar-refractivity contribution in [1.82, 2.24) is 0 Å². The first-order chi connectivity index (χ1) is 12.1. The van der Waals surface area contributed by atoms with E-state index in [1.165, 1.54) is 12.1 Å². The molecule has 8 heteroatoms. The topological polar surface area (TPSA) is 66.5 Å². The number of nitrogens with zero attached hydrogens (tertiary/aromatic N) is 1. The predicted molar refractivity (Wildman–Crippen MR) is 103 cm³/mol. The summed E-state index contributed by atoms with van der Waals surface area (Å²) >= 11 is 5.73. The van der Waals surface area contributed by atoms with Gasteiger partial charge in [0.25, 0.3) is 0 Å². The first kappa shape index (κ1) is 20.2. The molecule has 0 aliphatic rings. The van der Waals surface area contributed by atoms with Crippen molar-refractivity contribution in [1.29, 1.82) is 0 Å². The van der Waals surface area contributed by atoms with Crippen LogP contribution in [0, 0.1) is 19.7 Å². The molecule has 0 aliphatic heterocycles. The summed E-state index contributed by atoms with van der Waals surface area (Å²) in [5.74, 6) is -0.961. The molecule has 26 heavy (non-hydrogen) atoms. The van der Waals surface area contributed by atoms with Gasteiger partial charge in [0.05, 0.1) is 17.0 Å². The number of halogens is 2. The number of benzene rings is 2. The molecule has 2 rings (SSSR count). The third kappa shape index (κ3) is 4.95. The van der Waals surface area contributed by atoms with Gasteiger partial charge in [0.15, 0.2) is 0 Å². The van der Waals surface area contributed by atoms with Crippen molar-refractivity contribution >= 4 is 38.9 Å². The summed E-state index contributed by atoms with van der Waals surface area (Å²) in [4.78, 5) is 12.2. The number of aryl methyl sites for hydroxylation is 1. The smallest absolute Gasteiger partial charge is 0.232 e. The van der Waals surface area contributed by atoms with Crippen LogP contribution in [0.2, 0.25) is 5.02 Å². The highest BCUT2D eigenvalue weighted by molar-refractivity contribution is 7.92. The number of hydrogen-bond acceptors (Lipinski definition) is 3. The Balaban J connectivity index is 2.13. The van der Waals surface area contributed by atoms with Gasteiger partial charge in [0.2, 0.25) is 15.9 Å². The molecular formula is C18H20ClFN2O3S. The van der Waals surface area contributed by atoms with Gasteiger partial charge < -0.3 is 5.32 Å². The molecule has 5 nitrogen and oxygen atoms in total. The lowest BCUT2D eigenvalue weighted by molar-refractivity contribution is -0.116. The van der Waals surface area contributed by atoms with Crippen molar-refractivity contribution < 1.29 is 17.6 Å². The number of sulfonamides is 1. The van der Waals surface area contributed by atoms with E-state index in [9.17, 15) is 17.6 Å². The molecule has 0 unspecified atom stereocenters. The molecule has 0 aliphatic carbocycles. The summed E-state index contributed by atoms with van der Waals surface area (Å²) in [5.41, 5.74) is 2.89. The van der Waals surface area contributed by atoms with E-state index in [1.54, 1.807) is 6.07 Å². The Labute approximate surface area is 157 Å². The lowest BCUT2D eigenvalue weighted by atomic mass is 10.1. The number of amides is 1. The maximum absolute atomic E-state index is 13.3. The monoisotopic (exact) mass is 398 g/mol. The van der Waals surface area contributed by atoms with Gasteiger partial charge in [0, 0.05) is 18.7 Å². The maximum Gasteiger partial charge on any atom is 0.232 e. The summed E-state index contributed by atoms with van der Waals surface area (Å²) in [7, 11) is -3.66. The van der Waals surface area contributed by atoms with Crippen LogP contribution in [0.5, 0.6) is 0 Å². The normalized spacial score (nSPS) is 11.3.